The van der Waals surface area contributed by atoms with E-state index in [1.165, 1.54) is 36.1 Å². The number of rotatable bonds is 7. The molecular weight excluding hydrogens is 630 g/mol. The number of aromatic nitrogens is 5. The maximum atomic E-state index is 15.7. The van der Waals surface area contributed by atoms with Crippen molar-refractivity contribution >= 4 is 55.8 Å². The fourth-order valence-electron chi connectivity index (χ4n) is 4.82. The Labute approximate surface area is 261 Å². The molecule has 3 aromatic heterocycles. The predicted octanol–water partition coefficient (Wildman–Crippen LogP) is 4.78. The van der Waals surface area contributed by atoms with Crippen molar-refractivity contribution in [2.75, 3.05) is 36.3 Å². The summed E-state index contributed by atoms with van der Waals surface area (Å²) in [4.78, 5) is 27.5. The van der Waals surface area contributed by atoms with Gasteiger partial charge >= 0.3 is 0 Å². The van der Waals surface area contributed by atoms with Crippen molar-refractivity contribution in [1.82, 2.24) is 29.6 Å². The van der Waals surface area contributed by atoms with E-state index < -0.39 is 33.0 Å². The van der Waals surface area contributed by atoms with Gasteiger partial charge < -0.3 is 15.0 Å². The van der Waals surface area contributed by atoms with Gasteiger partial charge in [-0.3, -0.25) is 9.52 Å². The molecule has 0 spiro atoms. The van der Waals surface area contributed by atoms with E-state index in [0.717, 1.165) is 12.1 Å². The van der Waals surface area contributed by atoms with Crippen molar-refractivity contribution in [2.24, 2.45) is 0 Å². The fraction of sp³-hybridized carbons (Fsp3) is 0.207. The Morgan fingerprint density at radius 2 is 1.82 bits per heavy atom. The van der Waals surface area contributed by atoms with Gasteiger partial charge in [0, 0.05) is 24.3 Å². The van der Waals surface area contributed by atoms with Gasteiger partial charge in [0.25, 0.3) is 15.9 Å². The van der Waals surface area contributed by atoms with E-state index in [0.29, 0.717) is 48.9 Å². The topological polar surface area (TPSA) is 144 Å². The second-order valence-electron chi connectivity index (χ2n) is 10.1. The van der Waals surface area contributed by atoms with Gasteiger partial charge in [-0.1, -0.05) is 17.7 Å². The molecule has 1 aliphatic rings. The molecule has 1 amide bonds. The maximum absolute atomic E-state index is 15.7. The normalized spacial score (nSPS) is 13.7. The number of pyridine rings is 1. The predicted molar refractivity (Wildman–Crippen MR) is 163 cm³/mol. The van der Waals surface area contributed by atoms with E-state index in [-0.39, 0.29) is 32.7 Å². The first kappa shape index (κ1) is 30.3. The number of benzene rings is 2. The largest absolute Gasteiger partial charge is 0.378 e. The second kappa shape index (κ2) is 12.0. The van der Waals surface area contributed by atoms with Crippen LogP contribution in [0, 0.1) is 25.5 Å². The molecule has 16 heteroatoms. The molecule has 2 aromatic carbocycles. The smallest absolute Gasteiger partial charge is 0.262 e. The number of nitrogens with zero attached hydrogens (tertiary/aromatic N) is 6. The van der Waals surface area contributed by atoms with Crippen molar-refractivity contribution < 1.29 is 26.7 Å². The Morgan fingerprint density at radius 3 is 2.60 bits per heavy atom. The summed E-state index contributed by atoms with van der Waals surface area (Å²) in [7, 11) is -4.28. The summed E-state index contributed by atoms with van der Waals surface area (Å²) >= 11 is 6.07. The summed E-state index contributed by atoms with van der Waals surface area (Å²) in [5, 5.41) is 7.27. The van der Waals surface area contributed by atoms with E-state index in [2.05, 4.69) is 30.1 Å². The Balaban J connectivity index is 1.33. The molecule has 0 bridgehead atoms. The van der Waals surface area contributed by atoms with Crippen LogP contribution >= 0.6 is 11.6 Å². The molecule has 0 saturated carbocycles. The molecule has 4 heterocycles. The van der Waals surface area contributed by atoms with Gasteiger partial charge in [-0.25, -0.2) is 36.8 Å². The fourth-order valence-corrected chi connectivity index (χ4v) is 6.37. The van der Waals surface area contributed by atoms with Crippen LogP contribution in [0.2, 0.25) is 5.02 Å². The number of fused-ring (bicyclic) bond motifs is 1. The minimum absolute atomic E-state index is 0.0566. The van der Waals surface area contributed by atoms with Gasteiger partial charge in [0.15, 0.2) is 17.5 Å². The number of morpholine rings is 1. The SMILES string of the molecule is Cc1nn(-c2ccc3ncnc(Nc4c(F)ccc(NS(=O)(=O)c5cccc(Cl)c5C)c4F)c3n2)cc1C(=O)N1CCOCC1. The number of hydrogen-bond donors (Lipinski definition) is 2. The van der Waals surface area contributed by atoms with Crippen LogP contribution in [0.15, 0.2) is 59.9 Å². The Kier molecular flexibility index (Phi) is 8.07. The van der Waals surface area contributed by atoms with Gasteiger partial charge in [0.2, 0.25) is 0 Å². The van der Waals surface area contributed by atoms with Gasteiger partial charge in [-0.2, -0.15) is 5.10 Å². The van der Waals surface area contributed by atoms with Gasteiger partial charge in [-0.15, -0.1) is 0 Å². The van der Waals surface area contributed by atoms with Crippen molar-refractivity contribution in [1.29, 1.82) is 0 Å². The average Bonchev–Trinajstić information content (AvgIpc) is 3.43. The molecular formula is C29H25ClF2N8O4S. The van der Waals surface area contributed by atoms with Crippen LogP contribution in [0.5, 0.6) is 0 Å². The van der Waals surface area contributed by atoms with E-state index in [4.69, 9.17) is 16.3 Å². The van der Waals surface area contributed by atoms with Crippen molar-refractivity contribution in [3.8, 4) is 5.82 Å². The molecule has 1 saturated heterocycles. The quantitative estimate of drug-likeness (QED) is 0.253. The molecule has 45 heavy (non-hydrogen) atoms. The lowest BCUT2D eigenvalue weighted by Gasteiger charge is -2.26. The number of ether oxygens (including phenoxy) is 1. The lowest BCUT2D eigenvalue weighted by molar-refractivity contribution is 0.0302. The Morgan fingerprint density at radius 1 is 1.04 bits per heavy atom. The monoisotopic (exact) mass is 654 g/mol. The number of amides is 1. The van der Waals surface area contributed by atoms with Crippen LogP contribution in [0.1, 0.15) is 21.6 Å². The van der Waals surface area contributed by atoms with Crippen molar-refractivity contribution in [3.63, 3.8) is 0 Å². The molecule has 0 aliphatic carbocycles. The van der Waals surface area contributed by atoms with E-state index in [1.807, 2.05) is 0 Å². The third-order valence-corrected chi connectivity index (χ3v) is 9.14. The molecule has 0 radical (unpaired) electrons. The highest BCUT2D eigenvalue weighted by Gasteiger charge is 2.25. The van der Waals surface area contributed by atoms with Gasteiger partial charge in [0.1, 0.15) is 23.3 Å². The first-order valence-corrected chi connectivity index (χ1v) is 15.5. The standard InChI is InChI=1S/C29H25ClF2N8O4S/c1-16-19(30)4-3-5-23(16)45(42,43)38-21-7-6-20(31)26(25(21)32)36-28-27-22(33-15-34-28)8-9-24(35-27)40-14-18(17(2)37-40)29(41)39-10-12-44-13-11-39/h3-9,14-15,38H,10-13H2,1-2H3,(H,33,34,36). The molecule has 0 unspecified atom stereocenters. The first-order chi connectivity index (χ1) is 21.5. The summed E-state index contributed by atoms with van der Waals surface area (Å²) in [6.07, 6.45) is 2.75. The summed E-state index contributed by atoms with van der Waals surface area (Å²) < 4.78 is 65.7. The van der Waals surface area contributed by atoms with Crippen molar-refractivity contribution in [2.45, 2.75) is 18.7 Å². The molecule has 1 aliphatic heterocycles. The molecule has 12 nitrogen and oxygen atoms in total. The van der Waals surface area contributed by atoms with Crippen LogP contribution in [-0.4, -0.2) is 70.3 Å². The van der Waals surface area contributed by atoms with Gasteiger partial charge in [0.05, 0.1) is 40.6 Å². The van der Waals surface area contributed by atoms with Crippen LogP contribution in [0.4, 0.5) is 26.0 Å². The highest BCUT2D eigenvalue weighted by molar-refractivity contribution is 7.92. The highest BCUT2D eigenvalue weighted by atomic mass is 35.5. The second-order valence-corrected chi connectivity index (χ2v) is 12.2. The van der Waals surface area contributed by atoms with Crippen molar-refractivity contribution in [3.05, 3.63) is 88.5 Å². The number of halogens is 3. The summed E-state index contributed by atoms with van der Waals surface area (Å²) in [6.45, 7) is 5.08. The maximum Gasteiger partial charge on any atom is 0.262 e. The summed E-state index contributed by atoms with van der Waals surface area (Å²) in [5.74, 6) is -2.16. The molecule has 0 atom stereocenters. The molecule has 6 rings (SSSR count). The zero-order valence-electron chi connectivity index (χ0n) is 23.9. The zero-order chi connectivity index (χ0) is 31.9. The number of nitrogens with one attached hydrogen (secondary N) is 2. The number of hydrogen-bond acceptors (Lipinski definition) is 9. The lowest BCUT2D eigenvalue weighted by atomic mass is 10.2. The van der Waals surface area contributed by atoms with E-state index in [9.17, 15) is 17.6 Å². The molecule has 5 aromatic rings. The number of carbonyl (C=O) groups is 1. The molecule has 1 fully saturated rings. The zero-order valence-corrected chi connectivity index (χ0v) is 25.5. The minimum atomic E-state index is -4.28. The van der Waals surface area contributed by atoms with E-state index >= 15 is 4.39 Å². The van der Waals surface area contributed by atoms with Crippen LogP contribution in [0.25, 0.3) is 16.9 Å². The van der Waals surface area contributed by atoms with Crippen LogP contribution in [-0.2, 0) is 14.8 Å². The van der Waals surface area contributed by atoms with Gasteiger partial charge in [-0.05, 0) is 55.8 Å². The highest BCUT2D eigenvalue weighted by Crippen LogP contribution is 2.32. The number of sulfonamides is 1. The first-order valence-electron chi connectivity index (χ1n) is 13.6. The van der Waals surface area contributed by atoms with E-state index in [1.54, 1.807) is 30.2 Å². The molecule has 2 N–H and O–H groups in total. The molecule has 232 valence electrons. The summed E-state index contributed by atoms with van der Waals surface area (Å²) in [5.41, 5.74) is 0.479. The average molecular weight is 655 g/mol. The Hall–Kier alpha value is -4.73. The van der Waals surface area contributed by atoms with Crippen LogP contribution in [0.3, 0.4) is 0 Å². The third kappa shape index (κ3) is 5.89. The lowest BCUT2D eigenvalue weighted by Crippen LogP contribution is -2.40. The number of anilines is 3. The number of aryl methyl sites for hydroxylation is 1. The Bertz CT molecular complexity index is 2070. The minimum Gasteiger partial charge on any atom is -0.378 e. The van der Waals surface area contributed by atoms with Crippen LogP contribution < -0.4 is 10.0 Å². The summed E-state index contributed by atoms with van der Waals surface area (Å²) in [6, 6.07) is 9.43. The third-order valence-electron chi connectivity index (χ3n) is 7.22. The number of carbonyl (C=O) groups excluding carboxylic acids is 1.